The second-order valence-electron chi connectivity index (χ2n) is 3.41. The molecular formula is C9H13NO2S. The minimum Gasteiger partial charge on any atom is -0.465 e. The molecule has 0 saturated carbocycles. The summed E-state index contributed by atoms with van der Waals surface area (Å²) in [6, 6.07) is 1.77. The summed E-state index contributed by atoms with van der Waals surface area (Å²) in [6.45, 7) is 3.81. The van der Waals surface area contributed by atoms with Gasteiger partial charge in [0.05, 0.1) is 12.7 Å². The zero-order chi connectivity index (χ0) is 10.1. The van der Waals surface area contributed by atoms with Gasteiger partial charge in [0, 0.05) is 15.8 Å². The van der Waals surface area contributed by atoms with Crippen LogP contribution in [0.2, 0.25) is 0 Å². The highest BCUT2D eigenvalue weighted by Gasteiger charge is 2.18. The smallest absolute Gasteiger partial charge is 0.338 e. The van der Waals surface area contributed by atoms with Crippen molar-refractivity contribution in [3.63, 3.8) is 0 Å². The van der Waals surface area contributed by atoms with E-state index in [4.69, 9.17) is 5.73 Å². The third kappa shape index (κ3) is 2.29. The third-order valence-electron chi connectivity index (χ3n) is 1.66. The Morgan fingerprint density at radius 2 is 2.23 bits per heavy atom. The monoisotopic (exact) mass is 199 g/mol. The minimum atomic E-state index is -0.392. The average molecular weight is 199 g/mol. The summed E-state index contributed by atoms with van der Waals surface area (Å²) in [7, 11) is 1.37. The van der Waals surface area contributed by atoms with Crippen LogP contribution in [0.25, 0.3) is 0 Å². The van der Waals surface area contributed by atoms with Gasteiger partial charge in [0.25, 0.3) is 0 Å². The van der Waals surface area contributed by atoms with E-state index in [9.17, 15) is 4.79 Å². The number of carbonyl (C=O) groups is 1. The summed E-state index contributed by atoms with van der Waals surface area (Å²) in [5, 5.41) is 1.76. The molecule has 0 fully saturated rings. The molecular weight excluding hydrogens is 186 g/mol. The van der Waals surface area contributed by atoms with Crippen molar-refractivity contribution in [2.45, 2.75) is 19.4 Å². The Hall–Kier alpha value is -0.870. The van der Waals surface area contributed by atoms with Gasteiger partial charge in [0.1, 0.15) is 0 Å². The Labute approximate surface area is 81.5 Å². The summed E-state index contributed by atoms with van der Waals surface area (Å²) >= 11 is 1.47. The summed E-state index contributed by atoms with van der Waals surface area (Å²) in [6.07, 6.45) is 0. The van der Waals surface area contributed by atoms with Crippen LogP contribution in [0, 0.1) is 0 Å². The fourth-order valence-electron chi connectivity index (χ4n) is 0.899. The first-order valence-corrected chi connectivity index (χ1v) is 4.79. The molecule has 0 radical (unpaired) electrons. The Bertz CT molecular complexity index is 312. The topological polar surface area (TPSA) is 52.3 Å². The largest absolute Gasteiger partial charge is 0.465 e. The minimum absolute atomic E-state index is 0.313. The maximum atomic E-state index is 11.1. The fourth-order valence-corrected chi connectivity index (χ4v) is 1.82. The molecule has 0 amide bonds. The molecule has 0 aliphatic carbocycles. The van der Waals surface area contributed by atoms with Gasteiger partial charge >= 0.3 is 5.97 Å². The van der Waals surface area contributed by atoms with E-state index in [-0.39, 0.29) is 5.97 Å². The molecule has 13 heavy (non-hydrogen) atoms. The Morgan fingerprint density at radius 3 is 2.62 bits per heavy atom. The molecule has 0 unspecified atom stereocenters. The highest BCUT2D eigenvalue weighted by molar-refractivity contribution is 7.10. The molecule has 72 valence electrons. The number of ether oxygens (including phenoxy) is 1. The molecule has 0 spiro atoms. The zero-order valence-corrected chi connectivity index (χ0v) is 8.77. The van der Waals surface area contributed by atoms with E-state index in [0.717, 1.165) is 4.88 Å². The first-order chi connectivity index (χ1) is 5.95. The van der Waals surface area contributed by atoms with Crippen molar-refractivity contribution in [3.8, 4) is 0 Å². The number of nitrogens with two attached hydrogens (primary N) is 1. The number of carbonyl (C=O) groups excluding carboxylic acids is 1. The van der Waals surface area contributed by atoms with Crippen LogP contribution in [0.4, 0.5) is 0 Å². The van der Waals surface area contributed by atoms with Crippen molar-refractivity contribution >= 4 is 17.3 Å². The van der Waals surface area contributed by atoms with Crippen molar-refractivity contribution in [1.82, 2.24) is 0 Å². The molecule has 0 atom stereocenters. The van der Waals surface area contributed by atoms with Gasteiger partial charge in [-0.05, 0) is 19.9 Å². The molecule has 2 N–H and O–H groups in total. The van der Waals surface area contributed by atoms with Gasteiger partial charge in [-0.1, -0.05) is 0 Å². The second kappa shape index (κ2) is 3.47. The Morgan fingerprint density at radius 1 is 1.62 bits per heavy atom. The van der Waals surface area contributed by atoms with Crippen molar-refractivity contribution in [3.05, 3.63) is 21.9 Å². The van der Waals surface area contributed by atoms with E-state index >= 15 is 0 Å². The lowest BCUT2D eigenvalue weighted by Crippen LogP contribution is -2.27. The van der Waals surface area contributed by atoms with Crippen LogP contribution in [0.15, 0.2) is 11.4 Å². The SMILES string of the molecule is COC(=O)c1csc(C(C)(C)N)c1. The van der Waals surface area contributed by atoms with E-state index < -0.39 is 5.54 Å². The number of esters is 1. The molecule has 1 aromatic heterocycles. The normalized spacial score (nSPS) is 11.4. The lowest BCUT2D eigenvalue weighted by atomic mass is 10.0. The highest BCUT2D eigenvalue weighted by atomic mass is 32.1. The van der Waals surface area contributed by atoms with Crippen molar-refractivity contribution in [2.75, 3.05) is 7.11 Å². The molecule has 0 aliphatic rings. The second-order valence-corrected chi connectivity index (χ2v) is 4.32. The number of thiophene rings is 1. The van der Waals surface area contributed by atoms with Crippen LogP contribution >= 0.6 is 11.3 Å². The summed E-state index contributed by atoms with van der Waals surface area (Å²) in [5.41, 5.74) is 6.05. The number of rotatable bonds is 2. The quantitative estimate of drug-likeness (QED) is 0.738. The third-order valence-corrected chi connectivity index (χ3v) is 2.93. The first kappa shape index (κ1) is 10.2. The van der Waals surface area contributed by atoms with E-state index in [1.165, 1.54) is 18.4 Å². The Balaban J connectivity index is 2.93. The van der Waals surface area contributed by atoms with Crippen LogP contribution in [-0.2, 0) is 10.3 Å². The maximum absolute atomic E-state index is 11.1. The van der Waals surface area contributed by atoms with Crippen LogP contribution < -0.4 is 5.73 Å². The maximum Gasteiger partial charge on any atom is 0.338 e. The predicted octanol–water partition coefficient (Wildman–Crippen LogP) is 1.73. The summed E-state index contributed by atoms with van der Waals surface area (Å²) in [4.78, 5) is 12.1. The molecule has 0 bridgehead atoms. The zero-order valence-electron chi connectivity index (χ0n) is 7.96. The van der Waals surface area contributed by atoms with Crippen LogP contribution in [0.1, 0.15) is 29.1 Å². The van der Waals surface area contributed by atoms with Crippen molar-refractivity contribution in [1.29, 1.82) is 0 Å². The molecule has 3 nitrogen and oxygen atoms in total. The highest BCUT2D eigenvalue weighted by Crippen LogP contribution is 2.25. The number of hydrogen-bond acceptors (Lipinski definition) is 4. The summed E-state index contributed by atoms with van der Waals surface area (Å²) in [5.74, 6) is -0.313. The molecule has 0 saturated heterocycles. The molecule has 4 heteroatoms. The standard InChI is InChI=1S/C9H13NO2S/c1-9(2,10)7-4-6(5-13-7)8(11)12-3/h4-5H,10H2,1-3H3. The van der Waals surface area contributed by atoms with Crippen LogP contribution in [0.3, 0.4) is 0 Å². The van der Waals surface area contributed by atoms with Crippen LogP contribution in [-0.4, -0.2) is 13.1 Å². The molecule has 1 heterocycles. The van der Waals surface area contributed by atoms with Gasteiger partial charge in [-0.15, -0.1) is 11.3 Å². The molecule has 0 aliphatic heterocycles. The molecule has 0 aromatic carbocycles. The van der Waals surface area contributed by atoms with Gasteiger partial charge in [0.2, 0.25) is 0 Å². The molecule has 1 rings (SSSR count). The molecule has 1 aromatic rings. The van der Waals surface area contributed by atoms with E-state index in [0.29, 0.717) is 5.56 Å². The lowest BCUT2D eigenvalue weighted by Gasteiger charge is -2.15. The van der Waals surface area contributed by atoms with Crippen molar-refractivity contribution < 1.29 is 9.53 Å². The average Bonchev–Trinajstić information content (AvgIpc) is 2.50. The van der Waals surface area contributed by atoms with Crippen LogP contribution in [0.5, 0.6) is 0 Å². The number of hydrogen-bond donors (Lipinski definition) is 1. The first-order valence-electron chi connectivity index (χ1n) is 3.91. The Kier molecular flexibility index (Phi) is 2.73. The van der Waals surface area contributed by atoms with Gasteiger partial charge in [-0.25, -0.2) is 4.79 Å². The van der Waals surface area contributed by atoms with E-state index in [1.54, 1.807) is 11.4 Å². The van der Waals surface area contributed by atoms with Gasteiger partial charge in [-0.2, -0.15) is 0 Å². The number of methoxy groups -OCH3 is 1. The van der Waals surface area contributed by atoms with Gasteiger partial charge in [-0.3, -0.25) is 0 Å². The predicted molar refractivity (Wildman–Crippen MR) is 52.9 cm³/mol. The van der Waals surface area contributed by atoms with Gasteiger partial charge in [0.15, 0.2) is 0 Å². The lowest BCUT2D eigenvalue weighted by molar-refractivity contribution is 0.0601. The van der Waals surface area contributed by atoms with E-state index in [1.807, 2.05) is 13.8 Å². The van der Waals surface area contributed by atoms with Gasteiger partial charge < -0.3 is 10.5 Å². The summed E-state index contributed by atoms with van der Waals surface area (Å²) < 4.78 is 4.59. The van der Waals surface area contributed by atoms with E-state index in [2.05, 4.69) is 4.74 Å². The fraction of sp³-hybridized carbons (Fsp3) is 0.444. The van der Waals surface area contributed by atoms with Crippen molar-refractivity contribution in [2.24, 2.45) is 5.73 Å².